The number of rotatable bonds is 5. The van der Waals surface area contributed by atoms with Gasteiger partial charge in [-0.2, -0.15) is 5.10 Å². The normalized spacial score (nSPS) is 11.1. The highest BCUT2D eigenvalue weighted by Gasteiger charge is 2.17. The molecular weight excluding hydrogens is 458 g/mol. The van der Waals surface area contributed by atoms with Crippen LogP contribution in [0.25, 0.3) is 15.9 Å². The molecule has 0 aliphatic heterocycles. The summed E-state index contributed by atoms with van der Waals surface area (Å²) in [5, 5.41) is 9.36. The van der Waals surface area contributed by atoms with Crippen LogP contribution in [-0.4, -0.2) is 22.2 Å². The summed E-state index contributed by atoms with van der Waals surface area (Å²) < 4.78 is 2.91. The van der Waals surface area contributed by atoms with Gasteiger partial charge in [-0.3, -0.25) is 4.79 Å². The monoisotopic (exact) mass is 473 g/mol. The van der Waals surface area contributed by atoms with Gasteiger partial charge in [-0.1, -0.05) is 39.7 Å². The molecule has 142 valence electrons. The number of nitrogens with one attached hydrogen (secondary N) is 1. The number of hydrogen-bond acceptors (Lipinski definition) is 3. The van der Waals surface area contributed by atoms with Gasteiger partial charge < -0.3 is 5.32 Å². The summed E-state index contributed by atoms with van der Waals surface area (Å²) in [6.07, 6.45) is 0.763. The molecule has 2 aromatic carbocycles. The van der Waals surface area contributed by atoms with E-state index in [1.807, 2.05) is 66.2 Å². The number of aromatic nitrogens is 2. The molecule has 4 aromatic rings. The first-order valence-corrected chi connectivity index (χ1v) is 10.8. The van der Waals surface area contributed by atoms with E-state index in [0.29, 0.717) is 16.4 Å². The molecule has 0 spiro atoms. The number of amides is 1. The van der Waals surface area contributed by atoms with E-state index in [0.717, 1.165) is 38.1 Å². The molecule has 0 radical (unpaired) electrons. The number of carbonyl (C=O) groups is 1. The van der Waals surface area contributed by atoms with Crippen LogP contribution in [0.15, 0.2) is 59.1 Å². The molecule has 0 bridgehead atoms. The molecule has 0 aliphatic carbocycles. The van der Waals surface area contributed by atoms with Crippen LogP contribution >= 0.6 is 38.9 Å². The summed E-state index contributed by atoms with van der Waals surface area (Å²) >= 11 is 10.8. The lowest BCUT2D eigenvalue weighted by molar-refractivity contribution is 0.0958. The minimum absolute atomic E-state index is 0.0584. The van der Waals surface area contributed by atoms with Crippen LogP contribution in [0, 0.1) is 6.92 Å². The highest BCUT2D eigenvalue weighted by molar-refractivity contribution is 9.10. The molecule has 0 aliphatic rings. The Bertz CT molecular complexity index is 1130. The summed E-state index contributed by atoms with van der Waals surface area (Å²) in [5.74, 6) is -0.0584. The smallest absolute Gasteiger partial charge is 0.261 e. The number of aryl methyl sites for hydroxylation is 1. The molecule has 2 aromatic heterocycles. The van der Waals surface area contributed by atoms with Gasteiger partial charge >= 0.3 is 0 Å². The molecule has 0 atom stereocenters. The van der Waals surface area contributed by atoms with Crippen molar-refractivity contribution < 1.29 is 4.79 Å². The molecule has 28 heavy (non-hydrogen) atoms. The summed E-state index contributed by atoms with van der Waals surface area (Å²) in [6.45, 7) is 2.54. The fourth-order valence-corrected chi connectivity index (χ4v) is 4.46. The zero-order valence-electron chi connectivity index (χ0n) is 15.1. The Morgan fingerprint density at radius 2 is 1.89 bits per heavy atom. The van der Waals surface area contributed by atoms with Crippen LogP contribution in [0.4, 0.5) is 0 Å². The second kappa shape index (κ2) is 8.07. The van der Waals surface area contributed by atoms with Crippen LogP contribution in [0.3, 0.4) is 0 Å². The van der Waals surface area contributed by atoms with Gasteiger partial charge in [-0.25, -0.2) is 4.68 Å². The number of hydrogen-bond donors (Lipinski definition) is 1. The van der Waals surface area contributed by atoms with Gasteiger partial charge in [-0.15, -0.1) is 11.3 Å². The zero-order valence-corrected chi connectivity index (χ0v) is 18.2. The Morgan fingerprint density at radius 3 is 2.61 bits per heavy atom. The molecule has 2 heterocycles. The first-order valence-electron chi connectivity index (χ1n) is 8.79. The second-order valence-electron chi connectivity index (χ2n) is 6.44. The zero-order chi connectivity index (χ0) is 19.7. The molecule has 4 nitrogen and oxygen atoms in total. The van der Waals surface area contributed by atoms with Gasteiger partial charge in [0.05, 0.1) is 16.3 Å². The first kappa shape index (κ1) is 19.2. The predicted molar refractivity (Wildman–Crippen MR) is 119 cm³/mol. The Balaban J connectivity index is 1.51. The van der Waals surface area contributed by atoms with E-state index in [2.05, 4.69) is 26.3 Å². The number of nitrogens with zero attached hydrogens (tertiary/aromatic N) is 2. The third-order valence-corrected chi connectivity index (χ3v) is 6.34. The molecule has 4 rings (SSSR count). The SMILES string of the molecule is Cc1nn(-c2ccc(Br)cc2)c2sc(C(=O)NCCc3ccc(Cl)cc3)cc12. The Morgan fingerprint density at radius 1 is 1.18 bits per heavy atom. The van der Waals surface area contributed by atoms with Crippen LogP contribution < -0.4 is 5.32 Å². The highest BCUT2D eigenvalue weighted by atomic mass is 79.9. The van der Waals surface area contributed by atoms with Crippen molar-refractivity contribution in [3.63, 3.8) is 0 Å². The van der Waals surface area contributed by atoms with E-state index < -0.39 is 0 Å². The summed E-state index contributed by atoms with van der Waals surface area (Å²) in [4.78, 5) is 14.3. The van der Waals surface area contributed by atoms with Crippen molar-refractivity contribution in [1.82, 2.24) is 15.1 Å². The molecule has 0 fully saturated rings. The van der Waals surface area contributed by atoms with E-state index in [-0.39, 0.29) is 5.91 Å². The maximum atomic E-state index is 12.6. The van der Waals surface area contributed by atoms with E-state index in [9.17, 15) is 4.79 Å². The van der Waals surface area contributed by atoms with E-state index in [1.54, 1.807) is 0 Å². The standard InChI is InChI=1S/C21H17BrClN3OS/c1-13-18-12-19(20(27)24-11-10-14-2-6-16(23)7-3-14)28-21(18)26(25-13)17-8-4-15(22)5-9-17/h2-9,12H,10-11H2,1H3,(H,24,27). The summed E-state index contributed by atoms with van der Waals surface area (Å²) in [6, 6.07) is 17.6. The van der Waals surface area contributed by atoms with Crippen molar-refractivity contribution in [2.75, 3.05) is 6.54 Å². The number of halogens is 2. The van der Waals surface area contributed by atoms with Crippen molar-refractivity contribution in [3.8, 4) is 5.69 Å². The molecule has 0 unspecified atom stereocenters. The average Bonchev–Trinajstić information content (AvgIpc) is 3.25. The van der Waals surface area contributed by atoms with Gasteiger partial charge in [0.2, 0.25) is 0 Å². The minimum Gasteiger partial charge on any atom is -0.351 e. The number of fused-ring (bicyclic) bond motifs is 1. The predicted octanol–water partition coefficient (Wildman–Crippen LogP) is 5.78. The maximum Gasteiger partial charge on any atom is 0.261 e. The van der Waals surface area contributed by atoms with Crippen molar-refractivity contribution in [3.05, 3.63) is 80.2 Å². The Labute approximate surface area is 180 Å². The Hall–Kier alpha value is -2.15. The van der Waals surface area contributed by atoms with Crippen LogP contribution in [0.5, 0.6) is 0 Å². The number of thiophene rings is 1. The third-order valence-electron chi connectivity index (χ3n) is 4.45. The van der Waals surface area contributed by atoms with Crippen molar-refractivity contribution in [1.29, 1.82) is 0 Å². The molecule has 1 N–H and O–H groups in total. The van der Waals surface area contributed by atoms with Crippen LogP contribution in [0.1, 0.15) is 20.9 Å². The van der Waals surface area contributed by atoms with Gasteiger partial charge in [-0.05, 0) is 61.4 Å². The van der Waals surface area contributed by atoms with Crippen molar-refractivity contribution in [2.45, 2.75) is 13.3 Å². The fraction of sp³-hybridized carbons (Fsp3) is 0.143. The molecule has 1 amide bonds. The van der Waals surface area contributed by atoms with E-state index in [4.69, 9.17) is 11.6 Å². The lowest BCUT2D eigenvalue weighted by Gasteiger charge is -2.04. The first-order chi connectivity index (χ1) is 13.5. The molecule has 0 saturated carbocycles. The fourth-order valence-electron chi connectivity index (χ4n) is 2.97. The topological polar surface area (TPSA) is 46.9 Å². The minimum atomic E-state index is -0.0584. The summed E-state index contributed by atoms with van der Waals surface area (Å²) in [7, 11) is 0. The van der Waals surface area contributed by atoms with Gasteiger partial charge in [0.1, 0.15) is 4.83 Å². The molecule has 0 saturated heterocycles. The number of carbonyl (C=O) groups excluding carboxylic acids is 1. The van der Waals surface area contributed by atoms with Crippen molar-refractivity contribution >= 4 is 55.0 Å². The second-order valence-corrected chi connectivity index (χ2v) is 8.82. The third kappa shape index (κ3) is 3.99. The van der Waals surface area contributed by atoms with E-state index >= 15 is 0 Å². The van der Waals surface area contributed by atoms with Gasteiger partial charge in [0.15, 0.2) is 0 Å². The average molecular weight is 475 g/mol. The number of benzene rings is 2. The van der Waals surface area contributed by atoms with Crippen LogP contribution in [-0.2, 0) is 6.42 Å². The Kier molecular flexibility index (Phi) is 5.53. The lowest BCUT2D eigenvalue weighted by atomic mass is 10.1. The van der Waals surface area contributed by atoms with E-state index in [1.165, 1.54) is 11.3 Å². The highest BCUT2D eigenvalue weighted by Crippen LogP contribution is 2.30. The quantitative estimate of drug-likeness (QED) is 0.398. The van der Waals surface area contributed by atoms with Gasteiger partial charge in [0, 0.05) is 21.4 Å². The van der Waals surface area contributed by atoms with Gasteiger partial charge in [0.25, 0.3) is 5.91 Å². The van der Waals surface area contributed by atoms with Crippen LogP contribution in [0.2, 0.25) is 5.02 Å². The maximum absolute atomic E-state index is 12.6. The molecular formula is C21H17BrClN3OS. The summed E-state index contributed by atoms with van der Waals surface area (Å²) in [5.41, 5.74) is 3.02. The van der Waals surface area contributed by atoms with Crippen molar-refractivity contribution in [2.24, 2.45) is 0 Å². The lowest BCUT2D eigenvalue weighted by Crippen LogP contribution is -2.24. The largest absolute Gasteiger partial charge is 0.351 e. The molecule has 7 heteroatoms.